The molecule has 2 fully saturated rings. The van der Waals surface area contributed by atoms with Crippen molar-refractivity contribution in [3.8, 4) is 0 Å². The minimum Gasteiger partial charge on any atom is -0.395 e. The summed E-state index contributed by atoms with van der Waals surface area (Å²) < 4.78 is 169. The van der Waals surface area contributed by atoms with E-state index in [1.807, 2.05) is 0 Å². The van der Waals surface area contributed by atoms with Gasteiger partial charge in [0.25, 0.3) is 0 Å². The highest BCUT2D eigenvalue weighted by atomic mass is 19.3. The Kier molecular flexibility index (Phi) is 3.78. The van der Waals surface area contributed by atoms with Crippen LogP contribution in [0, 0.1) is 5.41 Å². The molecular formula is C9F12O4. The molecule has 0 radical (unpaired) electrons. The fourth-order valence-electron chi connectivity index (χ4n) is 1.98. The predicted molar refractivity (Wildman–Crippen MR) is 45.0 cm³/mol. The van der Waals surface area contributed by atoms with E-state index in [9.17, 15) is 52.7 Å². The second-order valence-corrected chi connectivity index (χ2v) is 4.32. The van der Waals surface area contributed by atoms with Crippen LogP contribution in [0.2, 0.25) is 0 Å². The molecule has 0 aromatic heterocycles. The summed E-state index contributed by atoms with van der Waals surface area (Å²) in [7, 11) is 0. The monoisotopic (exact) mass is 400 g/mol. The molecule has 0 aromatic carbocycles. The molecule has 2 saturated heterocycles. The summed E-state index contributed by atoms with van der Waals surface area (Å²) in [6.07, 6.45) is -33.3. The molecule has 25 heavy (non-hydrogen) atoms. The van der Waals surface area contributed by atoms with Gasteiger partial charge in [0.05, 0.1) is 0 Å². The second kappa shape index (κ2) is 4.94. The highest BCUT2D eigenvalue weighted by molar-refractivity contribution is 5.15. The normalized spacial score (nSPS) is 31.4. The zero-order chi connectivity index (χ0) is 19.6. The first kappa shape index (κ1) is 19.2. The van der Waals surface area contributed by atoms with Crippen molar-refractivity contribution in [2.75, 3.05) is 0 Å². The van der Waals surface area contributed by atoms with Crippen LogP contribution in [-0.2, 0) is 18.9 Å². The van der Waals surface area contributed by atoms with Crippen LogP contribution in [0.15, 0.2) is 24.1 Å². The van der Waals surface area contributed by atoms with Crippen molar-refractivity contribution < 1.29 is 71.6 Å². The number of ether oxygens (including phenoxy) is 4. The smallest absolute Gasteiger partial charge is 0.395 e. The molecule has 2 rings (SSSR count). The predicted octanol–water partition coefficient (Wildman–Crippen LogP) is 4.57. The van der Waals surface area contributed by atoms with Gasteiger partial charge in [-0.05, 0) is 0 Å². The number of alkyl halides is 8. The molecule has 16 heteroatoms. The Labute approximate surface area is 127 Å². The molecule has 144 valence electrons. The summed E-state index contributed by atoms with van der Waals surface area (Å²) >= 11 is 0. The van der Waals surface area contributed by atoms with Gasteiger partial charge in [-0.1, -0.05) is 0 Å². The quantitative estimate of drug-likeness (QED) is 0.559. The SMILES string of the molecule is FC(F)=C1OC(F)(F)C2(C(F)(F)O1)C(F)(F)OC(=C(F)F)OC2(F)F. The Hall–Kier alpha value is -2.16. The van der Waals surface area contributed by atoms with E-state index in [2.05, 4.69) is 18.9 Å². The summed E-state index contributed by atoms with van der Waals surface area (Å²) in [5.41, 5.74) is -6.59. The minimum atomic E-state index is -6.59. The number of hydrogen-bond donors (Lipinski definition) is 0. The van der Waals surface area contributed by atoms with Crippen molar-refractivity contribution in [2.45, 2.75) is 24.4 Å². The average Bonchev–Trinajstić information content (AvgIpc) is 2.32. The molecule has 0 N–H and O–H groups in total. The Bertz CT molecular complexity index is 545. The first-order valence-corrected chi connectivity index (χ1v) is 5.40. The Balaban J connectivity index is 2.80. The molecule has 0 unspecified atom stereocenters. The van der Waals surface area contributed by atoms with Gasteiger partial charge in [-0.15, -0.1) is 0 Å². The Morgan fingerprint density at radius 3 is 0.840 bits per heavy atom. The molecule has 0 aromatic rings. The summed E-state index contributed by atoms with van der Waals surface area (Å²) in [5.74, 6) is -6.10. The summed E-state index contributed by atoms with van der Waals surface area (Å²) in [5, 5.41) is 0. The van der Waals surface area contributed by atoms with Crippen LogP contribution >= 0.6 is 0 Å². The van der Waals surface area contributed by atoms with Gasteiger partial charge in [0, 0.05) is 0 Å². The third-order valence-corrected chi connectivity index (χ3v) is 2.94. The van der Waals surface area contributed by atoms with Crippen molar-refractivity contribution in [3.05, 3.63) is 24.1 Å². The van der Waals surface area contributed by atoms with E-state index in [1.165, 1.54) is 0 Å². The van der Waals surface area contributed by atoms with E-state index in [1.54, 1.807) is 0 Å². The van der Waals surface area contributed by atoms with Crippen LogP contribution in [0.25, 0.3) is 0 Å². The topological polar surface area (TPSA) is 36.9 Å². The lowest BCUT2D eigenvalue weighted by atomic mass is 9.80. The maximum absolute atomic E-state index is 13.7. The number of rotatable bonds is 0. The summed E-state index contributed by atoms with van der Waals surface area (Å²) in [6, 6.07) is 0. The zero-order valence-corrected chi connectivity index (χ0v) is 10.7. The maximum Gasteiger partial charge on any atom is 0.436 e. The van der Waals surface area contributed by atoms with Gasteiger partial charge >= 0.3 is 53.9 Å². The number of hydrogen-bond acceptors (Lipinski definition) is 4. The van der Waals surface area contributed by atoms with Crippen LogP contribution in [0.5, 0.6) is 0 Å². The highest BCUT2D eigenvalue weighted by Crippen LogP contribution is 2.71. The molecule has 4 nitrogen and oxygen atoms in total. The maximum atomic E-state index is 13.7. The van der Waals surface area contributed by atoms with Crippen molar-refractivity contribution >= 4 is 0 Å². The largest absolute Gasteiger partial charge is 0.436 e. The van der Waals surface area contributed by atoms with Crippen LogP contribution in [-0.4, -0.2) is 24.4 Å². The van der Waals surface area contributed by atoms with E-state index in [0.29, 0.717) is 0 Å². The fraction of sp³-hybridized carbons (Fsp3) is 0.556. The van der Waals surface area contributed by atoms with E-state index in [0.717, 1.165) is 0 Å². The van der Waals surface area contributed by atoms with Crippen LogP contribution in [0.4, 0.5) is 52.7 Å². The zero-order valence-electron chi connectivity index (χ0n) is 10.7. The van der Waals surface area contributed by atoms with Crippen LogP contribution in [0.3, 0.4) is 0 Å². The molecule has 0 saturated carbocycles. The van der Waals surface area contributed by atoms with Crippen molar-refractivity contribution in [3.63, 3.8) is 0 Å². The molecule has 0 amide bonds. The lowest BCUT2D eigenvalue weighted by molar-refractivity contribution is -0.599. The first-order chi connectivity index (χ1) is 11.0. The first-order valence-electron chi connectivity index (χ1n) is 5.40. The lowest BCUT2D eigenvalue weighted by Crippen LogP contribution is -2.78. The lowest BCUT2D eigenvalue weighted by Gasteiger charge is -2.52. The Morgan fingerprint density at radius 2 is 0.680 bits per heavy atom. The molecular weight excluding hydrogens is 400 g/mol. The average molecular weight is 400 g/mol. The number of halogens is 12. The molecule has 0 bridgehead atoms. The van der Waals surface area contributed by atoms with Crippen molar-refractivity contribution in [1.29, 1.82) is 0 Å². The van der Waals surface area contributed by atoms with E-state index >= 15 is 0 Å². The van der Waals surface area contributed by atoms with Gasteiger partial charge in [0.1, 0.15) is 0 Å². The van der Waals surface area contributed by atoms with Gasteiger partial charge in [-0.3, -0.25) is 0 Å². The third-order valence-electron chi connectivity index (χ3n) is 2.94. The van der Waals surface area contributed by atoms with E-state index in [4.69, 9.17) is 0 Å². The summed E-state index contributed by atoms with van der Waals surface area (Å²) in [6.45, 7) is 0. The fourth-order valence-corrected chi connectivity index (χ4v) is 1.98. The molecule has 2 heterocycles. The molecule has 0 atom stereocenters. The standard InChI is InChI=1S/C9F12O4/c10-1(11)3-22-6(14,15)5(7(16,17)23-3)8(18,19)24-4(2(12)13)25-9(5,20)21. The Morgan fingerprint density at radius 1 is 0.480 bits per heavy atom. The second-order valence-electron chi connectivity index (χ2n) is 4.32. The van der Waals surface area contributed by atoms with Gasteiger partial charge in [-0.2, -0.15) is 52.7 Å². The van der Waals surface area contributed by atoms with Gasteiger partial charge < -0.3 is 18.9 Å². The summed E-state index contributed by atoms with van der Waals surface area (Å²) in [4.78, 5) is 0. The molecule has 0 aliphatic carbocycles. The van der Waals surface area contributed by atoms with Crippen molar-refractivity contribution in [1.82, 2.24) is 0 Å². The highest BCUT2D eigenvalue weighted by Gasteiger charge is 3.00. The van der Waals surface area contributed by atoms with Crippen molar-refractivity contribution in [2.24, 2.45) is 5.41 Å². The van der Waals surface area contributed by atoms with Gasteiger partial charge in [0.15, 0.2) is 0 Å². The molecule has 1 spiro atoms. The van der Waals surface area contributed by atoms with Crippen LogP contribution < -0.4 is 0 Å². The molecule has 2 aliphatic heterocycles. The molecule has 2 aliphatic rings. The third kappa shape index (κ3) is 2.25. The van der Waals surface area contributed by atoms with Gasteiger partial charge in [0.2, 0.25) is 0 Å². The van der Waals surface area contributed by atoms with E-state index < -0.39 is 53.9 Å². The minimum absolute atomic E-state index is 2.70. The van der Waals surface area contributed by atoms with E-state index in [-0.39, 0.29) is 0 Å². The van der Waals surface area contributed by atoms with Crippen LogP contribution in [0.1, 0.15) is 0 Å². The van der Waals surface area contributed by atoms with Gasteiger partial charge in [-0.25, -0.2) is 0 Å².